The molecule has 1 rings (SSSR count). The van der Waals surface area contributed by atoms with E-state index < -0.39 is 0 Å². The van der Waals surface area contributed by atoms with Gasteiger partial charge in [-0.2, -0.15) is 5.10 Å². The molecule has 0 unspecified atom stereocenters. The average Bonchev–Trinajstić information content (AvgIpc) is 2.64. The van der Waals surface area contributed by atoms with E-state index in [2.05, 4.69) is 10.4 Å². The van der Waals surface area contributed by atoms with Crippen molar-refractivity contribution in [1.29, 1.82) is 0 Å². The standard InChI is InChI=1S/C12H19N3O2/c1-4-11-10(8-15(3)14-11)7-13-12(17)6-5-9(2)16/h8H,4-7H2,1-3H3,(H,13,17). The van der Waals surface area contributed by atoms with E-state index in [-0.39, 0.29) is 18.1 Å². The second-order valence-corrected chi connectivity index (χ2v) is 4.11. The van der Waals surface area contributed by atoms with Crippen LogP contribution in [-0.2, 0) is 29.6 Å². The number of ketones is 1. The van der Waals surface area contributed by atoms with Crippen LogP contribution in [-0.4, -0.2) is 21.5 Å². The molecule has 0 radical (unpaired) electrons. The maximum Gasteiger partial charge on any atom is 0.220 e. The summed E-state index contributed by atoms with van der Waals surface area (Å²) in [5, 5.41) is 7.09. The van der Waals surface area contributed by atoms with Crippen LogP contribution in [0.25, 0.3) is 0 Å². The second kappa shape index (κ2) is 6.18. The summed E-state index contributed by atoms with van der Waals surface area (Å²) in [7, 11) is 1.86. The molecular formula is C12H19N3O2. The number of amides is 1. The van der Waals surface area contributed by atoms with Crippen LogP contribution in [0.15, 0.2) is 6.20 Å². The molecule has 1 N–H and O–H groups in total. The minimum Gasteiger partial charge on any atom is -0.352 e. The van der Waals surface area contributed by atoms with Crippen LogP contribution in [0, 0.1) is 0 Å². The van der Waals surface area contributed by atoms with Crippen LogP contribution in [0.1, 0.15) is 37.9 Å². The molecule has 5 heteroatoms. The predicted octanol–water partition coefficient (Wildman–Crippen LogP) is 0.968. The van der Waals surface area contributed by atoms with Gasteiger partial charge in [0.05, 0.1) is 5.69 Å². The van der Waals surface area contributed by atoms with Crippen LogP contribution in [0.2, 0.25) is 0 Å². The highest BCUT2D eigenvalue weighted by Crippen LogP contribution is 2.06. The highest BCUT2D eigenvalue weighted by Gasteiger charge is 2.08. The second-order valence-electron chi connectivity index (χ2n) is 4.11. The van der Waals surface area contributed by atoms with Crippen molar-refractivity contribution >= 4 is 11.7 Å². The summed E-state index contributed by atoms with van der Waals surface area (Å²) in [5.74, 6) is -0.0538. The minimum absolute atomic E-state index is 0.0378. The molecule has 0 saturated heterocycles. The molecule has 0 aliphatic rings. The van der Waals surface area contributed by atoms with Gasteiger partial charge in [-0.15, -0.1) is 0 Å². The maximum absolute atomic E-state index is 11.4. The van der Waals surface area contributed by atoms with Crippen molar-refractivity contribution < 1.29 is 9.59 Å². The van der Waals surface area contributed by atoms with Gasteiger partial charge >= 0.3 is 0 Å². The van der Waals surface area contributed by atoms with Crippen molar-refractivity contribution in [2.45, 2.75) is 39.7 Å². The summed E-state index contributed by atoms with van der Waals surface area (Å²) in [6, 6.07) is 0. The first-order chi connectivity index (χ1) is 8.02. The molecule has 1 amide bonds. The van der Waals surface area contributed by atoms with Gasteiger partial charge in [-0.1, -0.05) is 6.92 Å². The Morgan fingerprint density at radius 1 is 1.41 bits per heavy atom. The molecule has 0 bridgehead atoms. The SMILES string of the molecule is CCc1nn(C)cc1CNC(=O)CCC(C)=O. The third-order valence-electron chi connectivity index (χ3n) is 2.51. The van der Waals surface area contributed by atoms with Gasteiger partial charge in [0.2, 0.25) is 5.91 Å². The number of carbonyl (C=O) groups excluding carboxylic acids is 2. The number of nitrogens with zero attached hydrogens (tertiary/aromatic N) is 2. The van der Waals surface area contributed by atoms with Gasteiger partial charge in [-0.05, 0) is 13.3 Å². The van der Waals surface area contributed by atoms with Gasteiger partial charge in [-0.3, -0.25) is 9.48 Å². The molecule has 0 saturated carbocycles. The number of aromatic nitrogens is 2. The molecule has 5 nitrogen and oxygen atoms in total. The third-order valence-corrected chi connectivity index (χ3v) is 2.51. The van der Waals surface area contributed by atoms with E-state index in [1.807, 2.05) is 20.2 Å². The molecule has 0 spiro atoms. The zero-order valence-electron chi connectivity index (χ0n) is 10.6. The lowest BCUT2D eigenvalue weighted by molar-refractivity contribution is -0.124. The smallest absolute Gasteiger partial charge is 0.220 e. The summed E-state index contributed by atoms with van der Waals surface area (Å²) >= 11 is 0. The van der Waals surface area contributed by atoms with E-state index in [9.17, 15) is 9.59 Å². The molecule has 0 atom stereocenters. The number of carbonyl (C=O) groups is 2. The van der Waals surface area contributed by atoms with E-state index >= 15 is 0 Å². The summed E-state index contributed by atoms with van der Waals surface area (Å²) in [5.41, 5.74) is 2.03. The molecule has 1 aromatic heterocycles. The van der Waals surface area contributed by atoms with Crippen LogP contribution >= 0.6 is 0 Å². The van der Waals surface area contributed by atoms with Crippen LogP contribution in [0.5, 0.6) is 0 Å². The van der Waals surface area contributed by atoms with E-state index in [0.717, 1.165) is 17.7 Å². The zero-order valence-corrected chi connectivity index (χ0v) is 10.6. The fraction of sp³-hybridized carbons (Fsp3) is 0.583. The summed E-state index contributed by atoms with van der Waals surface area (Å²) < 4.78 is 1.75. The van der Waals surface area contributed by atoms with Crippen LogP contribution in [0.4, 0.5) is 0 Å². The lowest BCUT2D eigenvalue weighted by Crippen LogP contribution is -2.23. The van der Waals surface area contributed by atoms with Gasteiger partial charge in [0.15, 0.2) is 0 Å². The Bertz CT molecular complexity index is 410. The molecule has 94 valence electrons. The number of nitrogens with one attached hydrogen (secondary N) is 1. The Kier molecular flexibility index (Phi) is 4.87. The number of Topliss-reactive ketones (excluding diaryl/α,β-unsaturated/α-hetero) is 1. The molecule has 0 fully saturated rings. The summed E-state index contributed by atoms with van der Waals surface area (Å²) in [6.45, 7) is 4.00. The van der Waals surface area contributed by atoms with E-state index in [0.29, 0.717) is 13.0 Å². The van der Waals surface area contributed by atoms with Gasteiger partial charge in [0, 0.05) is 38.2 Å². The monoisotopic (exact) mass is 237 g/mol. The number of rotatable bonds is 6. The zero-order chi connectivity index (χ0) is 12.8. The first-order valence-electron chi connectivity index (χ1n) is 5.80. The van der Waals surface area contributed by atoms with Crippen molar-refractivity contribution in [3.63, 3.8) is 0 Å². The molecular weight excluding hydrogens is 218 g/mol. The summed E-state index contributed by atoms with van der Waals surface area (Å²) in [6.07, 6.45) is 3.32. The third kappa shape index (κ3) is 4.38. The molecule has 0 aliphatic carbocycles. The van der Waals surface area contributed by atoms with E-state index in [1.165, 1.54) is 6.92 Å². The van der Waals surface area contributed by atoms with Gasteiger partial charge < -0.3 is 10.1 Å². The normalized spacial score (nSPS) is 10.3. The van der Waals surface area contributed by atoms with Gasteiger partial charge in [0.1, 0.15) is 5.78 Å². The Morgan fingerprint density at radius 2 is 2.12 bits per heavy atom. The quantitative estimate of drug-likeness (QED) is 0.801. The molecule has 1 aromatic rings. The minimum atomic E-state index is -0.0916. The van der Waals surface area contributed by atoms with Crippen molar-refractivity contribution in [3.05, 3.63) is 17.5 Å². The highest BCUT2D eigenvalue weighted by atomic mass is 16.2. The molecule has 0 aliphatic heterocycles. The summed E-state index contributed by atoms with van der Waals surface area (Å²) in [4.78, 5) is 22.2. The topological polar surface area (TPSA) is 64.0 Å². The fourth-order valence-corrected chi connectivity index (χ4v) is 1.60. The Hall–Kier alpha value is -1.65. The molecule has 17 heavy (non-hydrogen) atoms. The largest absolute Gasteiger partial charge is 0.352 e. The number of aryl methyl sites for hydroxylation is 2. The van der Waals surface area contributed by atoms with Crippen LogP contribution in [0.3, 0.4) is 0 Å². The molecule has 1 heterocycles. The highest BCUT2D eigenvalue weighted by molar-refractivity contribution is 5.83. The Labute approximate surface area is 101 Å². The fourth-order valence-electron chi connectivity index (χ4n) is 1.60. The lowest BCUT2D eigenvalue weighted by Gasteiger charge is -2.03. The van der Waals surface area contributed by atoms with Crippen LogP contribution < -0.4 is 5.32 Å². The van der Waals surface area contributed by atoms with E-state index in [4.69, 9.17) is 0 Å². The first kappa shape index (κ1) is 13.4. The van der Waals surface area contributed by atoms with Gasteiger partial charge in [0.25, 0.3) is 0 Å². The lowest BCUT2D eigenvalue weighted by atomic mass is 10.2. The number of hydrogen-bond acceptors (Lipinski definition) is 3. The number of hydrogen-bond donors (Lipinski definition) is 1. The Morgan fingerprint density at radius 3 is 2.71 bits per heavy atom. The first-order valence-corrected chi connectivity index (χ1v) is 5.80. The van der Waals surface area contributed by atoms with Crippen molar-refractivity contribution in [2.24, 2.45) is 7.05 Å². The maximum atomic E-state index is 11.4. The van der Waals surface area contributed by atoms with E-state index in [1.54, 1.807) is 4.68 Å². The average molecular weight is 237 g/mol. The predicted molar refractivity (Wildman–Crippen MR) is 64.3 cm³/mol. The molecule has 0 aromatic carbocycles. The van der Waals surface area contributed by atoms with Crippen molar-refractivity contribution in [1.82, 2.24) is 15.1 Å². The van der Waals surface area contributed by atoms with Crippen molar-refractivity contribution in [3.8, 4) is 0 Å². The van der Waals surface area contributed by atoms with Crippen molar-refractivity contribution in [2.75, 3.05) is 0 Å². The Balaban J connectivity index is 2.44. The van der Waals surface area contributed by atoms with Gasteiger partial charge in [-0.25, -0.2) is 0 Å².